The molecule has 1 aromatic rings. The van der Waals surface area contributed by atoms with Crippen molar-refractivity contribution in [1.29, 1.82) is 0 Å². The fourth-order valence-corrected chi connectivity index (χ4v) is 2.83. The average molecular weight is 284 g/mol. The van der Waals surface area contributed by atoms with Crippen molar-refractivity contribution in [2.24, 2.45) is 0 Å². The van der Waals surface area contributed by atoms with Gasteiger partial charge in [-0.25, -0.2) is 8.42 Å². The third kappa shape index (κ3) is 3.84. The van der Waals surface area contributed by atoms with Gasteiger partial charge in [0.15, 0.2) is 9.84 Å². The lowest BCUT2D eigenvalue weighted by atomic mass is 10.2. The van der Waals surface area contributed by atoms with Crippen LogP contribution in [0.25, 0.3) is 0 Å². The van der Waals surface area contributed by atoms with Crippen LogP contribution in [-0.2, 0) is 14.6 Å². The predicted molar refractivity (Wildman–Crippen MR) is 76.0 cm³/mol. The summed E-state index contributed by atoms with van der Waals surface area (Å²) in [6.07, 6.45) is 4.70. The summed E-state index contributed by atoms with van der Waals surface area (Å²) < 4.78 is 28.3. The topological polar surface area (TPSA) is 81.4 Å². The van der Waals surface area contributed by atoms with E-state index in [1.54, 1.807) is 12.1 Å². The first-order valence-electron chi connectivity index (χ1n) is 6.42. The number of benzene rings is 1. The van der Waals surface area contributed by atoms with E-state index in [9.17, 15) is 8.42 Å². The molecule has 1 aliphatic rings. The first kappa shape index (κ1) is 14.1. The molecule has 1 aliphatic heterocycles. The highest BCUT2D eigenvalue weighted by Gasteiger charge is 2.15. The SMILES string of the molecule is CS(=O)(=O)c1ccc(NCCC2CCCO2)c(N)c1. The van der Waals surface area contributed by atoms with E-state index in [0.29, 0.717) is 11.8 Å². The quantitative estimate of drug-likeness (QED) is 0.804. The molecule has 106 valence electrons. The Hall–Kier alpha value is -1.27. The normalized spacial score (nSPS) is 19.5. The summed E-state index contributed by atoms with van der Waals surface area (Å²) in [5.41, 5.74) is 7.08. The Morgan fingerprint density at radius 3 is 2.84 bits per heavy atom. The molecule has 1 heterocycles. The summed E-state index contributed by atoms with van der Waals surface area (Å²) in [5.74, 6) is 0. The van der Waals surface area contributed by atoms with E-state index >= 15 is 0 Å². The Bertz CT molecular complexity index is 537. The molecule has 0 spiro atoms. The van der Waals surface area contributed by atoms with Crippen LogP contribution in [-0.4, -0.2) is 33.9 Å². The molecule has 1 aromatic carbocycles. The zero-order valence-corrected chi connectivity index (χ0v) is 11.9. The maximum Gasteiger partial charge on any atom is 0.175 e. The molecule has 0 amide bonds. The molecule has 1 atom stereocenters. The molecule has 0 saturated carbocycles. The lowest BCUT2D eigenvalue weighted by molar-refractivity contribution is 0.107. The summed E-state index contributed by atoms with van der Waals surface area (Å²) in [5, 5.41) is 3.22. The van der Waals surface area contributed by atoms with Crippen molar-refractivity contribution >= 4 is 21.2 Å². The van der Waals surface area contributed by atoms with Crippen LogP contribution in [0.5, 0.6) is 0 Å². The molecule has 3 N–H and O–H groups in total. The molecule has 19 heavy (non-hydrogen) atoms. The van der Waals surface area contributed by atoms with Crippen LogP contribution >= 0.6 is 0 Å². The van der Waals surface area contributed by atoms with E-state index in [-0.39, 0.29) is 4.90 Å². The molecule has 5 nitrogen and oxygen atoms in total. The van der Waals surface area contributed by atoms with Crippen LogP contribution in [0.15, 0.2) is 23.1 Å². The highest BCUT2D eigenvalue weighted by atomic mass is 32.2. The van der Waals surface area contributed by atoms with Gasteiger partial charge in [0.2, 0.25) is 0 Å². The van der Waals surface area contributed by atoms with Gasteiger partial charge in [-0.1, -0.05) is 0 Å². The number of rotatable bonds is 5. The average Bonchev–Trinajstić information content (AvgIpc) is 2.83. The second-order valence-corrected chi connectivity index (χ2v) is 6.89. The molecule has 1 saturated heterocycles. The Labute approximate surface area is 114 Å². The van der Waals surface area contributed by atoms with Gasteiger partial charge in [0, 0.05) is 19.4 Å². The van der Waals surface area contributed by atoms with Gasteiger partial charge in [0.1, 0.15) is 0 Å². The standard InChI is InChI=1S/C13H20N2O3S/c1-19(16,17)11-4-5-13(12(14)9-11)15-7-6-10-3-2-8-18-10/h4-5,9-10,15H,2-3,6-8,14H2,1H3. The van der Waals surface area contributed by atoms with Crippen molar-refractivity contribution in [2.45, 2.75) is 30.3 Å². The van der Waals surface area contributed by atoms with E-state index in [1.165, 1.54) is 12.3 Å². The lowest BCUT2D eigenvalue weighted by Gasteiger charge is -2.13. The van der Waals surface area contributed by atoms with Crippen molar-refractivity contribution in [2.75, 3.05) is 30.5 Å². The Balaban J connectivity index is 1.93. The fraction of sp³-hybridized carbons (Fsp3) is 0.538. The van der Waals surface area contributed by atoms with E-state index in [2.05, 4.69) is 5.32 Å². The molecule has 0 radical (unpaired) electrons. The van der Waals surface area contributed by atoms with Crippen LogP contribution < -0.4 is 11.1 Å². The highest BCUT2D eigenvalue weighted by Crippen LogP contribution is 2.23. The van der Waals surface area contributed by atoms with Crippen molar-refractivity contribution in [3.05, 3.63) is 18.2 Å². The summed E-state index contributed by atoms with van der Waals surface area (Å²) >= 11 is 0. The van der Waals surface area contributed by atoms with Crippen molar-refractivity contribution in [3.8, 4) is 0 Å². The molecule has 6 heteroatoms. The van der Waals surface area contributed by atoms with Crippen LogP contribution in [0.1, 0.15) is 19.3 Å². The molecule has 0 aliphatic carbocycles. The highest BCUT2D eigenvalue weighted by molar-refractivity contribution is 7.90. The fourth-order valence-electron chi connectivity index (χ4n) is 2.17. The van der Waals surface area contributed by atoms with E-state index in [4.69, 9.17) is 10.5 Å². The second kappa shape index (κ2) is 5.79. The van der Waals surface area contributed by atoms with Gasteiger partial charge in [-0.2, -0.15) is 0 Å². The lowest BCUT2D eigenvalue weighted by Crippen LogP contribution is -2.13. The third-order valence-electron chi connectivity index (χ3n) is 3.26. The Kier molecular flexibility index (Phi) is 4.31. The monoisotopic (exact) mass is 284 g/mol. The number of nitrogens with two attached hydrogens (primary N) is 1. The predicted octanol–water partition coefficient (Wildman–Crippen LogP) is 1.65. The molecule has 1 fully saturated rings. The van der Waals surface area contributed by atoms with Crippen molar-refractivity contribution < 1.29 is 13.2 Å². The number of anilines is 2. The maximum atomic E-state index is 11.4. The molecular weight excluding hydrogens is 264 g/mol. The number of ether oxygens (including phenoxy) is 1. The van der Waals surface area contributed by atoms with Gasteiger partial charge in [-0.15, -0.1) is 0 Å². The van der Waals surface area contributed by atoms with E-state index < -0.39 is 9.84 Å². The maximum absolute atomic E-state index is 11.4. The minimum Gasteiger partial charge on any atom is -0.397 e. The van der Waals surface area contributed by atoms with Crippen molar-refractivity contribution in [3.63, 3.8) is 0 Å². The second-order valence-electron chi connectivity index (χ2n) is 4.87. The summed E-state index contributed by atoms with van der Waals surface area (Å²) in [7, 11) is -3.20. The van der Waals surface area contributed by atoms with Crippen LogP contribution in [0, 0.1) is 0 Å². The van der Waals surface area contributed by atoms with E-state index in [1.807, 2.05) is 0 Å². The number of nitrogen functional groups attached to an aromatic ring is 1. The van der Waals surface area contributed by atoms with Crippen LogP contribution in [0.3, 0.4) is 0 Å². The minimum absolute atomic E-state index is 0.245. The van der Waals surface area contributed by atoms with Gasteiger partial charge in [-0.3, -0.25) is 0 Å². The third-order valence-corrected chi connectivity index (χ3v) is 4.37. The Morgan fingerprint density at radius 1 is 1.47 bits per heavy atom. The zero-order valence-electron chi connectivity index (χ0n) is 11.1. The smallest absolute Gasteiger partial charge is 0.175 e. The van der Waals surface area contributed by atoms with Crippen LogP contribution in [0.4, 0.5) is 11.4 Å². The zero-order chi connectivity index (χ0) is 13.9. The summed E-state index contributed by atoms with van der Waals surface area (Å²) in [6, 6.07) is 4.77. The van der Waals surface area contributed by atoms with Gasteiger partial charge in [0.25, 0.3) is 0 Å². The minimum atomic E-state index is -3.20. The molecule has 0 bridgehead atoms. The molecular formula is C13H20N2O3S. The molecule has 1 unspecified atom stereocenters. The Morgan fingerprint density at radius 2 is 2.26 bits per heavy atom. The van der Waals surface area contributed by atoms with Gasteiger partial charge in [-0.05, 0) is 37.5 Å². The largest absolute Gasteiger partial charge is 0.397 e. The molecule has 0 aromatic heterocycles. The first-order valence-corrected chi connectivity index (χ1v) is 8.31. The van der Waals surface area contributed by atoms with E-state index in [0.717, 1.165) is 38.1 Å². The molecule has 2 rings (SSSR count). The number of sulfone groups is 1. The van der Waals surface area contributed by atoms with Gasteiger partial charge >= 0.3 is 0 Å². The number of nitrogens with one attached hydrogen (secondary N) is 1. The van der Waals surface area contributed by atoms with Crippen LogP contribution in [0.2, 0.25) is 0 Å². The summed E-state index contributed by atoms with van der Waals surface area (Å²) in [4.78, 5) is 0.245. The van der Waals surface area contributed by atoms with Gasteiger partial charge in [0.05, 0.1) is 22.4 Å². The van der Waals surface area contributed by atoms with Gasteiger partial charge < -0.3 is 15.8 Å². The van der Waals surface area contributed by atoms with Crippen molar-refractivity contribution in [1.82, 2.24) is 0 Å². The summed E-state index contributed by atoms with van der Waals surface area (Å²) in [6.45, 7) is 1.63. The number of hydrogen-bond acceptors (Lipinski definition) is 5. The first-order chi connectivity index (χ1) is 8.97. The number of hydrogen-bond donors (Lipinski definition) is 2.